The van der Waals surface area contributed by atoms with Crippen LogP contribution >= 0.6 is 0 Å². The minimum Gasteiger partial charge on any atom is -1.00 e. The van der Waals surface area contributed by atoms with Crippen LogP contribution in [0, 0.1) is 27.7 Å². The predicted molar refractivity (Wildman–Crippen MR) is 204 cm³/mol. The van der Waals surface area contributed by atoms with Gasteiger partial charge in [0, 0.05) is 0 Å². The molecule has 252 valence electrons. The van der Waals surface area contributed by atoms with Gasteiger partial charge in [0.1, 0.15) is 0 Å². The van der Waals surface area contributed by atoms with E-state index >= 15 is 0 Å². The van der Waals surface area contributed by atoms with E-state index in [1.807, 2.05) is 0 Å². The van der Waals surface area contributed by atoms with Crippen molar-refractivity contribution in [2.24, 2.45) is 0 Å². The molecule has 0 aliphatic rings. The van der Waals surface area contributed by atoms with E-state index in [4.69, 9.17) is 0 Å². The van der Waals surface area contributed by atoms with E-state index in [2.05, 4.69) is 179 Å². The summed E-state index contributed by atoms with van der Waals surface area (Å²) in [4.78, 5) is 0. The molecule has 0 aliphatic carbocycles. The molecular formula is C44H52Cl2SiZr-2. The summed E-state index contributed by atoms with van der Waals surface area (Å²) in [5.41, 5.74) is 14.3. The second kappa shape index (κ2) is 17.1. The molecule has 6 aromatic rings. The van der Waals surface area contributed by atoms with Crippen LogP contribution < -0.4 is 24.8 Å². The van der Waals surface area contributed by atoms with Gasteiger partial charge in [-0.3, -0.25) is 0 Å². The largest absolute Gasteiger partial charge is 1.00 e. The second-order valence-electron chi connectivity index (χ2n) is 15.1. The zero-order valence-electron chi connectivity index (χ0n) is 31.0. The number of hydrogen-bond acceptors (Lipinski definition) is 0. The summed E-state index contributed by atoms with van der Waals surface area (Å²) in [5, 5.41) is 5.53. The average molecular weight is 771 g/mol. The molecule has 0 radical (unpaired) electrons. The zero-order valence-corrected chi connectivity index (χ0v) is 36.0. The third-order valence-corrected chi connectivity index (χ3v) is 8.69. The maximum atomic E-state index is 2.36. The molecule has 0 spiro atoms. The monoisotopic (exact) mass is 768 g/mol. The number of hydrogen-bond donors (Lipinski definition) is 0. The van der Waals surface area contributed by atoms with Crippen LogP contribution in [0.2, 0.25) is 13.1 Å². The summed E-state index contributed by atoms with van der Waals surface area (Å²) in [6.07, 6.45) is 0. The van der Waals surface area contributed by atoms with Crippen LogP contribution in [0.15, 0.2) is 97.1 Å². The van der Waals surface area contributed by atoms with Crippen LogP contribution in [0.25, 0.3) is 43.8 Å². The van der Waals surface area contributed by atoms with E-state index in [0.717, 1.165) is 0 Å². The first kappa shape index (κ1) is 41.9. The molecule has 6 aromatic carbocycles. The van der Waals surface area contributed by atoms with Gasteiger partial charge < -0.3 is 24.8 Å². The Hall–Kier alpha value is -2.22. The van der Waals surface area contributed by atoms with Gasteiger partial charge in [0.25, 0.3) is 0 Å². The Bertz CT molecular complexity index is 1820. The van der Waals surface area contributed by atoms with E-state index in [1.165, 1.54) is 77.2 Å². The van der Waals surface area contributed by atoms with Crippen molar-refractivity contribution >= 4 is 27.0 Å². The fourth-order valence-corrected chi connectivity index (χ4v) is 6.52. The van der Waals surface area contributed by atoms with Crippen LogP contribution in [0.4, 0.5) is 0 Å². The average Bonchev–Trinajstić information content (AvgIpc) is 3.51. The molecule has 4 heteroatoms. The summed E-state index contributed by atoms with van der Waals surface area (Å²) in [6, 6.07) is 35.7. The summed E-state index contributed by atoms with van der Waals surface area (Å²) in [7, 11) is 0. The van der Waals surface area contributed by atoms with Crippen molar-refractivity contribution in [3.05, 3.63) is 130 Å². The van der Waals surface area contributed by atoms with Gasteiger partial charge in [-0.25, -0.2) is 0 Å². The quantitative estimate of drug-likeness (QED) is 0.131. The van der Waals surface area contributed by atoms with Crippen molar-refractivity contribution in [3.8, 4) is 22.3 Å². The molecule has 0 heterocycles. The summed E-state index contributed by atoms with van der Waals surface area (Å²) in [5.74, 6) is 0. The van der Waals surface area contributed by atoms with Crippen molar-refractivity contribution in [3.63, 3.8) is 0 Å². The Kier molecular flexibility index (Phi) is 15.0. The molecule has 0 unspecified atom stereocenters. The maximum Gasteiger partial charge on any atom is -0.0279 e. The van der Waals surface area contributed by atoms with Crippen molar-refractivity contribution in [1.82, 2.24) is 0 Å². The Balaban J connectivity index is 0.000000289. The molecule has 0 aliphatic heterocycles. The normalized spacial score (nSPS) is 11.1. The third kappa shape index (κ3) is 9.94. The van der Waals surface area contributed by atoms with Crippen LogP contribution in [-0.4, -0.2) is 5.43 Å². The fraction of sp³-hybridized carbons (Fsp3) is 0.318. The van der Waals surface area contributed by atoms with Gasteiger partial charge in [-0.15, -0.1) is 69.1 Å². The minimum absolute atomic E-state index is 0. The van der Waals surface area contributed by atoms with E-state index in [1.54, 1.807) is 23.3 Å². The zero-order chi connectivity index (χ0) is 34.0. The molecule has 0 atom stereocenters. The van der Waals surface area contributed by atoms with Gasteiger partial charge in [0.15, 0.2) is 0 Å². The summed E-state index contributed by atoms with van der Waals surface area (Å²) >= 11 is 1.74. The first-order valence-corrected chi connectivity index (χ1v) is 22.7. The fourth-order valence-electron chi connectivity index (χ4n) is 6.52. The third-order valence-electron chi connectivity index (χ3n) is 8.69. The maximum absolute atomic E-state index is 2.36. The molecular weight excluding hydrogens is 719 g/mol. The Labute approximate surface area is 318 Å². The number of aryl methyl sites for hydroxylation is 4. The first-order valence-electron chi connectivity index (χ1n) is 16.5. The molecule has 48 heavy (non-hydrogen) atoms. The van der Waals surface area contributed by atoms with Gasteiger partial charge in [-0.05, 0) is 35.8 Å². The van der Waals surface area contributed by atoms with Gasteiger partial charge >= 0.3 is 41.9 Å². The summed E-state index contributed by atoms with van der Waals surface area (Å²) < 4.78 is 0. The standard InChI is InChI=1S/2C21H23.C2H6Si.2ClH.Zr/c2*1-14-9-11-16(12-10-14)18-8-6-7-17-13-19(21(3,4)5)15(2)20(17)18;1-3-2;;;/h2*6-13H,1-5H3;1-2H3;2*1H;/q2*-1;;;;+2/p-2. The molecule has 0 N–H and O–H groups in total. The van der Waals surface area contributed by atoms with Crippen LogP contribution in [0.5, 0.6) is 0 Å². The Morgan fingerprint density at radius 1 is 0.500 bits per heavy atom. The van der Waals surface area contributed by atoms with Gasteiger partial charge in [-0.2, -0.15) is 11.1 Å². The number of benzene rings is 4. The SMILES string of the molecule is C[Si](C)=[Zr+2].Cc1ccc(-c2cccc3[cH-]c(C(C)(C)C)c(C)c23)cc1.Cc1ccc(-c2cccc3[cH-]c(C(C)(C)C)c(C)c23)cc1.[Cl-].[Cl-]. The number of rotatable bonds is 2. The molecule has 0 saturated carbocycles. The predicted octanol–water partition coefficient (Wildman–Crippen LogP) is 7.07. The second-order valence-corrected chi connectivity index (χ2v) is 24.5. The molecule has 0 aromatic heterocycles. The van der Waals surface area contributed by atoms with E-state index < -0.39 is 0 Å². The molecule has 0 nitrogen and oxygen atoms in total. The molecule has 6 rings (SSSR count). The van der Waals surface area contributed by atoms with Gasteiger partial charge in [0.2, 0.25) is 0 Å². The van der Waals surface area contributed by atoms with E-state index in [-0.39, 0.29) is 41.1 Å². The Morgan fingerprint density at radius 2 is 0.792 bits per heavy atom. The van der Waals surface area contributed by atoms with E-state index in [0.29, 0.717) is 0 Å². The summed E-state index contributed by atoms with van der Waals surface area (Å²) in [6.45, 7) is 27.2. The van der Waals surface area contributed by atoms with Gasteiger partial charge in [0.05, 0.1) is 0 Å². The number of fused-ring (bicyclic) bond motifs is 2. The van der Waals surface area contributed by atoms with Crippen molar-refractivity contribution in [1.29, 1.82) is 0 Å². The van der Waals surface area contributed by atoms with E-state index in [9.17, 15) is 0 Å². The number of halogens is 2. The van der Waals surface area contributed by atoms with Crippen molar-refractivity contribution in [2.75, 3.05) is 0 Å². The van der Waals surface area contributed by atoms with Crippen LogP contribution in [-0.2, 0) is 34.2 Å². The van der Waals surface area contributed by atoms with Crippen molar-refractivity contribution < 1.29 is 48.1 Å². The molecule has 0 amide bonds. The Morgan fingerprint density at radius 3 is 1.06 bits per heavy atom. The van der Waals surface area contributed by atoms with Gasteiger partial charge in [-0.1, -0.05) is 138 Å². The first-order chi connectivity index (χ1) is 21.5. The van der Waals surface area contributed by atoms with Crippen LogP contribution in [0.1, 0.15) is 74.9 Å². The van der Waals surface area contributed by atoms with Crippen molar-refractivity contribution in [2.45, 2.75) is 93.2 Å². The molecule has 0 fully saturated rings. The topological polar surface area (TPSA) is 0 Å². The minimum atomic E-state index is 0. The van der Waals surface area contributed by atoms with Crippen LogP contribution in [0.3, 0.4) is 0 Å². The molecule has 0 bridgehead atoms. The molecule has 0 saturated heterocycles. The smallest absolute Gasteiger partial charge is 0.0279 e.